The minimum atomic E-state index is -0.833. The number of carboxylic acids is 2. The molecule has 0 bridgehead atoms. The van der Waals surface area contributed by atoms with Crippen molar-refractivity contribution in [2.75, 3.05) is 53.9 Å². The highest BCUT2D eigenvalue weighted by Gasteiger charge is 2.12. The van der Waals surface area contributed by atoms with Crippen LogP contribution in [-0.4, -0.2) is 127 Å². The largest absolute Gasteiger partial charge is 0.490 e. The lowest BCUT2D eigenvalue weighted by atomic mass is 9.99. The number of esters is 3. The number of aldehydes is 1. The van der Waals surface area contributed by atoms with E-state index in [4.69, 9.17) is 53.6 Å². The van der Waals surface area contributed by atoms with E-state index < -0.39 is 17.5 Å². The summed E-state index contributed by atoms with van der Waals surface area (Å²) in [5, 5.41) is 42.3. The Kier molecular flexibility index (Phi) is 58.0. The first-order valence-electron chi connectivity index (χ1n) is 36.9. The lowest BCUT2D eigenvalue weighted by molar-refractivity contribution is -0.148. The monoisotopic (exact) mass is 1520 g/mol. The van der Waals surface area contributed by atoms with Crippen LogP contribution in [0.5, 0.6) is 5.75 Å². The van der Waals surface area contributed by atoms with E-state index in [1.807, 2.05) is 269 Å². The zero-order chi connectivity index (χ0) is 81.6. The summed E-state index contributed by atoms with van der Waals surface area (Å²) >= 11 is 0. The molecule has 10 aromatic carbocycles. The number of aliphatic hydroxyl groups is 3. The summed E-state index contributed by atoms with van der Waals surface area (Å²) in [7, 11) is 3.30. The van der Waals surface area contributed by atoms with Crippen LogP contribution in [0.2, 0.25) is 0 Å². The van der Waals surface area contributed by atoms with Gasteiger partial charge in [-0.1, -0.05) is 305 Å². The predicted molar refractivity (Wildman–Crippen MR) is 441 cm³/mol. The Morgan fingerprint density at radius 2 is 0.730 bits per heavy atom. The third-order valence-corrected chi connectivity index (χ3v) is 14.7. The fourth-order valence-corrected chi connectivity index (χ4v) is 9.03. The van der Waals surface area contributed by atoms with E-state index in [1.54, 1.807) is 40.2 Å². The van der Waals surface area contributed by atoms with Crippen LogP contribution in [0.4, 0.5) is 0 Å². The molecule has 17 nitrogen and oxygen atoms in total. The SMILES string of the molecule is CC(=O)O.CC(=O)OCCc1ccccc1.CC(C)(O)CCc1ccccc1.CC(C)C(=O)OCCOc1ccccc1.COC(Cc1ccccc1)OC.O=C(Cc1ccccc1)OCCc1ccccc1.O=C(O)Cc1ccccc1.O=CCc1ccccc1.OCCCc1ccccc1.OCCc1ccccc1. The maximum atomic E-state index is 11.6. The van der Waals surface area contributed by atoms with Crippen molar-refractivity contribution in [1.29, 1.82) is 0 Å². The Hall–Kier alpha value is -11.2. The van der Waals surface area contributed by atoms with E-state index in [-0.39, 0.29) is 49.8 Å². The molecule has 0 radical (unpaired) electrons. The van der Waals surface area contributed by atoms with Gasteiger partial charge in [0.2, 0.25) is 0 Å². The fraction of sp³-hybridized carbons (Fsp3) is 0.298. The minimum Gasteiger partial charge on any atom is -0.490 e. The smallest absolute Gasteiger partial charge is 0.310 e. The highest BCUT2D eigenvalue weighted by Crippen LogP contribution is 2.14. The van der Waals surface area contributed by atoms with Crippen molar-refractivity contribution in [2.24, 2.45) is 5.92 Å². The normalized spacial score (nSPS) is 9.81. The van der Waals surface area contributed by atoms with Gasteiger partial charge in [0.15, 0.2) is 6.29 Å². The second-order valence-electron chi connectivity index (χ2n) is 25.3. The molecule has 10 rings (SSSR count). The molecule has 17 heteroatoms. The maximum Gasteiger partial charge on any atom is 0.310 e. The minimum absolute atomic E-state index is 0.0817. The molecular weight excluding hydrogens is 1400 g/mol. The molecule has 0 aliphatic heterocycles. The molecule has 0 heterocycles. The van der Waals surface area contributed by atoms with Crippen LogP contribution in [0.1, 0.15) is 104 Å². The number of carbonyl (C=O) groups is 6. The number of aryl methyl sites for hydroxylation is 2. The standard InChI is InChI=1S/C16H16O2.C12H16O3.C11H16O.C10H14O2.C10H12O2.C9H12O.C8H8O2.C8H10O.C8H8O.C2H4O2/c17-16(13-15-9-5-2-6-10-15)18-12-11-14-7-3-1-4-8-14;1-10(2)12(13)15-9-8-14-11-6-4-3-5-7-11;1-11(2,12)9-8-10-6-4-3-5-7-10;1-11-10(12-2)8-9-6-4-3-5-7-9;1-9(11)12-8-7-10-5-3-2-4-6-10;10-8-4-7-9-5-2-1-3-6-9;9-8(10)6-7-4-2-1-3-5-7;2*9-7-6-8-4-2-1-3-5-8;1-2(3)4/h1-10H,11-13H2;3-7,10H,8-9H2,1-2H3;3-7,12H,8-9H2,1-2H3;3-7,10H,8H2,1-2H3;2-6H,7-8H2,1H3;1-3,5-6,10H,4,7-8H2;1-5H,6H2,(H,9,10);1-5,9H,6-7H2;1-5,7H,6H2;1H3,(H,3,4). The number of para-hydroxylation sites is 1. The third kappa shape index (κ3) is 60.4. The van der Waals surface area contributed by atoms with Crippen molar-refractivity contribution >= 4 is 36.1 Å². The number of carbonyl (C=O) groups excluding carboxylic acids is 4. The molecule has 0 aliphatic rings. The number of benzene rings is 10. The molecule has 0 spiro atoms. The quantitative estimate of drug-likeness (QED) is 0.00959. The van der Waals surface area contributed by atoms with Gasteiger partial charge in [0.25, 0.3) is 5.97 Å². The van der Waals surface area contributed by atoms with E-state index in [1.165, 1.54) is 40.3 Å². The van der Waals surface area contributed by atoms with Crippen molar-refractivity contribution in [3.63, 3.8) is 0 Å². The Balaban J connectivity index is 0.000000625. The first-order valence-corrected chi connectivity index (χ1v) is 36.9. The summed E-state index contributed by atoms with van der Waals surface area (Å²) in [4.78, 5) is 62.2. The van der Waals surface area contributed by atoms with Crippen LogP contribution in [0.3, 0.4) is 0 Å². The molecule has 0 unspecified atom stereocenters. The molecule has 594 valence electrons. The van der Waals surface area contributed by atoms with Gasteiger partial charge >= 0.3 is 23.9 Å². The van der Waals surface area contributed by atoms with Crippen LogP contribution in [-0.2, 0) is 110 Å². The van der Waals surface area contributed by atoms with Crippen LogP contribution in [0.25, 0.3) is 0 Å². The van der Waals surface area contributed by atoms with Gasteiger partial charge in [-0.25, -0.2) is 0 Å². The molecule has 0 atom stereocenters. The zero-order valence-electron chi connectivity index (χ0n) is 65.8. The highest BCUT2D eigenvalue weighted by atomic mass is 16.7. The molecular formula is C94H116O17. The summed E-state index contributed by atoms with van der Waals surface area (Å²) < 4.78 is 30.5. The molecule has 0 fully saturated rings. The van der Waals surface area contributed by atoms with Crippen LogP contribution in [0.15, 0.2) is 303 Å². The summed E-state index contributed by atoms with van der Waals surface area (Å²) in [5.74, 6) is -1.49. The van der Waals surface area contributed by atoms with Crippen molar-refractivity contribution in [2.45, 2.75) is 124 Å². The van der Waals surface area contributed by atoms with Gasteiger partial charge in [-0.3, -0.25) is 24.0 Å². The fourth-order valence-electron chi connectivity index (χ4n) is 9.03. The van der Waals surface area contributed by atoms with Gasteiger partial charge in [0, 0.05) is 67.0 Å². The third-order valence-electron chi connectivity index (χ3n) is 14.7. The number of carboxylic acid groups (broad SMARTS) is 2. The highest BCUT2D eigenvalue weighted by molar-refractivity contribution is 5.72. The summed E-state index contributed by atoms with van der Waals surface area (Å²) in [6, 6.07) is 98.4. The molecule has 10 aromatic rings. The number of methoxy groups -OCH3 is 2. The van der Waals surface area contributed by atoms with E-state index in [0.29, 0.717) is 39.3 Å². The van der Waals surface area contributed by atoms with E-state index in [0.717, 1.165) is 87.0 Å². The lowest BCUT2D eigenvalue weighted by Crippen LogP contribution is -2.19. The van der Waals surface area contributed by atoms with E-state index in [2.05, 4.69) is 36.4 Å². The summed E-state index contributed by atoms with van der Waals surface area (Å²) in [6.45, 7) is 11.9. The maximum absolute atomic E-state index is 11.6. The van der Waals surface area contributed by atoms with Crippen LogP contribution in [0, 0.1) is 5.92 Å². The molecule has 0 aliphatic carbocycles. The molecule has 111 heavy (non-hydrogen) atoms. The first-order chi connectivity index (χ1) is 53.6. The number of hydrogen-bond acceptors (Lipinski definition) is 15. The summed E-state index contributed by atoms with van der Waals surface area (Å²) in [5.41, 5.74) is 9.76. The number of hydrogen-bond donors (Lipinski definition) is 5. The second kappa shape index (κ2) is 65.9. The van der Waals surface area contributed by atoms with Gasteiger partial charge in [-0.05, 0) is 108 Å². The second-order valence-corrected chi connectivity index (χ2v) is 25.3. The van der Waals surface area contributed by atoms with Crippen molar-refractivity contribution in [3.05, 3.63) is 353 Å². The zero-order valence-corrected chi connectivity index (χ0v) is 65.8. The Morgan fingerprint density at radius 3 is 1.07 bits per heavy atom. The molecule has 0 saturated heterocycles. The van der Waals surface area contributed by atoms with Crippen molar-refractivity contribution in [3.8, 4) is 5.75 Å². The van der Waals surface area contributed by atoms with Gasteiger partial charge in [0.1, 0.15) is 25.2 Å². The molecule has 0 amide bonds. The van der Waals surface area contributed by atoms with Crippen molar-refractivity contribution < 1.29 is 82.7 Å². The van der Waals surface area contributed by atoms with Gasteiger partial charge in [-0.15, -0.1) is 0 Å². The average Bonchev–Trinajstić information content (AvgIpc) is 0.943. The number of rotatable bonds is 29. The average molecular weight is 1520 g/mol. The van der Waals surface area contributed by atoms with Crippen molar-refractivity contribution in [1.82, 2.24) is 0 Å². The Labute approximate surface area is 658 Å². The molecule has 0 saturated carbocycles. The van der Waals surface area contributed by atoms with Gasteiger partial charge in [0.05, 0.1) is 37.6 Å². The van der Waals surface area contributed by atoms with E-state index >= 15 is 0 Å². The van der Waals surface area contributed by atoms with Gasteiger partial charge in [-0.2, -0.15) is 0 Å². The number of ether oxygens (including phenoxy) is 6. The predicted octanol–water partition coefficient (Wildman–Crippen LogP) is 17.0. The van der Waals surface area contributed by atoms with E-state index in [9.17, 15) is 29.1 Å². The number of aliphatic carboxylic acids is 2. The molecule has 0 aromatic heterocycles. The van der Waals surface area contributed by atoms with Crippen LogP contribution < -0.4 is 4.74 Å². The summed E-state index contributed by atoms with van der Waals surface area (Å²) in [6.07, 6.45) is 8.50. The Bertz CT molecular complexity index is 3830. The Morgan fingerprint density at radius 1 is 0.396 bits per heavy atom. The topological polar surface area (TPSA) is 259 Å². The van der Waals surface area contributed by atoms with Crippen LogP contribution >= 0.6 is 0 Å². The number of aliphatic hydroxyl groups excluding tert-OH is 2. The lowest BCUT2D eigenvalue weighted by Gasteiger charge is -2.16. The first kappa shape index (κ1) is 97.8. The molecule has 5 N–H and O–H groups in total. The van der Waals surface area contributed by atoms with Gasteiger partial charge < -0.3 is 58.7 Å².